The van der Waals surface area contributed by atoms with Gasteiger partial charge in [0.05, 0.1) is 13.7 Å². The molecule has 0 radical (unpaired) electrons. The summed E-state index contributed by atoms with van der Waals surface area (Å²) in [6, 6.07) is 12.3. The van der Waals surface area contributed by atoms with Gasteiger partial charge >= 0.3 is 0 Å². The van der Waals surface area contributed by atoms with Crippen molar-refractivity contribution < 1.29 is 19.7 Å². The van der Waals surface area contributed by atoms with Crippen LogP contribution in [0.4, 0.5) is 0 Å². The third-order valence-corrected chi connectivity index (χ3v) is 4.69. The number of carbonyl (C=O) groups excluding carboxylic acids is 1. The van der Waals surface area contributed by atoms with Crippen LogP contribution in [0.1, 0.15) is 15.9 Å². The number of benzene rings is 2. The molecular formula is C20H24N2O4. The summed E-state index contributed by atoms with van der Waals surface area (Å²) in [5.74, 6) is 0.329. The van der Waals surface area contributed by atoms with Crippen LogP contribution < -0.4 is 4.74 Å². The lowest BCUT2D eigenvalue weighted by atomic mass is 10.1. The first kappa shape index (κ1) is 18.2. The van der Waals surface area contributed by atoms with Crippen molar-refractivity contribution in [3.8, 4) is 17.2 Å². The Morgan fingerprint density at radius 2 is 1.62 bits per heavy atom. The smallest absolute Gasteiger partial charge is 0.176 e. The van der Waals surface area contributed by atoms with Gasteiger partial charge in [-0.15, -0.1) is 0 Å². The predicted octanol–water partition coefficient (Wildman–Crippen LogP) is 2.11. The van der Waals surface area contributed by atoms with E-state index >= 15 is 0 Å². The summed E-state index contributed by atoms with van der Waals surface area (Å²) in [4.78, 5) is 16.8. The molecule has 6 nitrogen and oxygen atoms in total. The normalized spacial score (nSPS) is 15.7. The lowest BCUT2D eigenvalue weighted by molar-refractivity contribution is 0.0843. The van der Waals surface area contributed by atoms with Gasteiger partial charge in [0.1, 0.15) is 5.75 Å². The molecule has 2 aromatic carbocycles. The molecule has 0 bridgehead atoms. The SMILES string of the molecule is COc1ccc(CN2CCN(CC(=O)c3ccc(O)c(O)c3)CC2)cc1. The zero-order valence-corrected chi connectivity index (χ0v) is 14.9. The molecule has 1 aliphatic rings. The molecule has 6 heteroatoms. The maximum Gasteiger partial charge on any atom is 0.176 e. The topological polar surface area (TPSA) is 73.2 Å². The second-order valence-electron chi connectivity index (χ2n) is 6.53. The Bertz CT molecular complexity index is 753. The molecule has 2 N–H and O–H groups in total. The number of hydrogen-bond donors (Lipinski definition) is 2. The summed E-state index contributed by atoms with van der Waals surface area (Å²) in [7, 11) is 1.66. The van der Waals surface area contributed by atoms with Crippen LogP contribution in [0.15, 0.2) is 42.5 Å². The fraction of sp³-hybridized carbons (Fsp3) is 0.350. The third-order valence-electron chi connectivity index (χ3n) is 4.69. The molecular weight excluding hydrogens is 332 g/mol. The Labute approximate surface area is 153 Å². The lowest BCUT2D eigenvalue weighted by Crippen LogP contribution is -2.47. The van der Waals surface area contributed by atoms with Gasteiger partial charge in [0.25, 0.3) is 0 Å². The van der Waals surface area contributed by atoms with E-state index in [9.17, 15) is 15.0 Å². The molecule has 26 heavy (non-hydrogen) atoms. The first-order valence-corrected chi connectivity index (χ1v) is 8.68. The van der Waals surface area contributed by atoms with E-state index in [2.05, 4.69) is 21.9 Å². The first-order chi connectivity index (χ1) is 12.5. The lowest BCUT2D eigenvalue weighted by Gasteiger charge is -2.34. The Morgan fingerprint density at radius 3 is 2.23 bits per heavy atom. The average Bonchev–Trinajstić information content (AvgIpc) is 2.66. The molecule has 0 amide bonds. The fourth-order valence-electron chi connectivity index (χ4n) is 3.09. The Morgan fingerprint density at radius 1 is 0.962 bits per heavy atom. The van der Waals surface area contributed by atoms with Crippen molar-refractivity contribution in [1.82, 2.24) is 9.80 Å². The average molecular weight is 356 g/mol. The predicted molar refractivity (Wildman–Crippen MR) is 98.8 cm³/mol. The minimum Gasteiger partial charge on any atom is -0.504 e. The minimum atomic E-state index is -0.264. The van der Waals surface area contributed by atoms with E-state index in [0.717, 1.165) is 38.5 Å². The molecule has 0 aromatic heterocycles. The van der Waals surface area contributed by atoms with Crippen LogP contribution in [0.25, 0.3) is 0 Å². The van der Waals surface area contributed by atoms with Gasteiger partial charge in [-0.1, -0.05) is 12.1 Å². The Balaban J connectivity index is 1.48. The van der Waals surface area contributed by atoms with Crippen molar-refractivity contribution in [3.63, 3.8) is 0 Å². The summed E-state index contributed by atoms with van der Waals surface area (Å²) in [5.41, 5.74) is 1.66. The molecule has 1 heterocycles. The summed E-state index contributed by atoms with van der Waals surface area (Å²) < 4.78 is 5.18. The van der Waals surface area contributed by atoms with Gasteiger partial charge in [0, 0.05) is 38.3 Å². The number of carbonyl (C=O) groups is 1. The van der Waals surface area contributed by atoms with Crippen LogP contribution in [-0.4, -0.2) is 65.6 Å². The number of phenols is 2. The van der Waals surface area contributed by atoms with E-state index in [-0.39, 0.29) is 17.3 Å². The van der Waals surface area contributed by atoms with Gasteiger partial charge in [-0.25, -0.2) is 0 Å². The van der Waals surface area contributed by atoms with Gasteiger partial charge < -0.3 is 14.9 Å². The van der Waals surface area contributed by atoms with Gasteiger partial charge in [0.15, 0.2) is 17.3 Å². The largest absolute Gasteiger partial charge is 0.504 e. The maximum atomic E-state index is 12.3. The summed E-state index contributed by atoms with van der Waals surface area (Å²) in [5, 5.41) is 18.9. The number of phenolic OH excluding ortho intramolecular Hbond substituents is 2. The molecule has 0 atom stereocenters. The summed E-state index contributed by atoms with van der Waals surface area (Å²) in [6.07, 6.45) is 0. The van der Waals surface area contributed by atoms with Crippen LogP contribution in [0.5, 0.6) is 17.2 Å². The van der Waals surface area contributed by atoms with E-state index in [1.54, 1.807) is 7.11 Å². The molecule has 0 unspecified atom stereocenters. The molecule has 3 rings (SSSR count). The third kappa shape index (κ3) is 4.53. The van der Waals surface area contributed by atoms with Crippen LogP contribution in [0, 0.1) is 0 Å². The van der Waals surface area contributed by atoms with E-state index in [4.69, 9.17) is 4.74 Å². The molecule has 0 aliphatic carbocycles. The van der Waals surface area contributed by atoms with Crippen LogP contribution in [0.2, 0.25) is 0 Å². The van der Waals surface area contributed by atoms with Crippen molar-refractivity contribution in [1.29, 1.82) is 0 Å². The van der Waals surface area contributed by atoms with Gasteiger partial charge in [-0.3, -0.25) is 14.6 Å². The van der Waals surface area contributed by atoms with Crippen molar-refractivity contribution in [2.75, 3.05) is 39.8 Å². The number of rotatable bonds is 6. The Hall–Kier alpha value is -2.57. The zero-order valence-electron chi connectivity index (χ0n) is 14.9. The zero-order chi connectivity index (χ0) is 18.5. The number of aromatic hydroxyl groups is 2. The fourth-order valence-corrected chi connectivity index (χ4v) is 3.09. The molecule has 0 saturated carbocycles. The standard InChI is InChI=1S/C20H24N2O4/c1-26-17-5-2-15(3-6-17)13-21-8-10-22(11-9-21)14-20(25)16-4-7-18(23)19(24)12-16/h2-7,12,23-24H,8-11,13-14H2,1H3. The number of ether oxygens (including phenoxy) is 1. The monoisotopic (exact) mass is 356 g/mol. The summed E-state index contributed by atoms with van der Waals surface area (Å²) in [6.45, 7) is 4.66. The number of piperazine rings is 1. The Kier molecular flexibility index (Phi) is 5.75. The number of hydrogen-bond acceptors (Lipinski definition) is 6. The number of Topliss-reactive ketones (excluding diaryl/α,β-unsaturated/α-hetero) is 1. The van der Waals surface area contributed by atoms with E-state index in [0.29, 0.717) is 12.1 Å². The van der Waals surface area contributed by atoms with Gasteiger partial charge in [-0.05, 0) is 35.9 Å². The van der Waals surface area contributed by atoms with E-state index in [1.807, 2.05) is 12.1 Å². The highest BCUT2D eigenvalue weighted by molar-refractivity contribution is 5.98. The number of ketones is 1. The highest BCUT2D eigenvalue weighted by Gasteiger charge is 2.20. The van der Waals surface area contributed by atoms with E-state index in [1.165, 1.54) is 23.8 Å². The van der Waals surface area contributed by atoms with Crippen LogP contribution >= 0.6 is 0 Å². The van der Waals surface area contributed by atoms with E-state index < -0.39 is 0 Å². The second-order valence-corrected chi connectivity index (χ2v) is 6.53. The van der Waals surface area contributed by atoms with Crippen molar-refractivity contribution in [3.05, 3.63) is 53.6 Å². The molecule has 1 saturated heterocycles. The maximum absolute atomic E-state index is 12.3. The van der Waals surface area contributed by atoms with Crippen LogP contribution in [-0.2, 0) is 6.54 Å². The highest BCUT2D eigenvalue weighted by Crippen LogP contribution is 2.25. The van der Waals surface area contributed by atoms with Crippen molar-refractivity contribution in [2.24, 2.45) is 0 Å². The van der Waals surface area contributed by atoms with Crippen molar-refractivity contribution in [2.45, 2.75) is 6.54 Å². The van der Waals surface area contributed by atoms with Gasteiger partial charge in [-0.2, -0.15) is 0 Å². The highest BCUT2D eigenvalue weighted by atomic mass is 16.5. The second kappa shape index (κ2) is 8.21. The number of methoxy groups -OCH3 is 1. The van der Waals surface area contributed by atoms with Gasteiger partial charge in [0.2, 0.25) is 0 Å². The molecule has 2 aromatic rings. The molecule has 138 valence electrons. The minimum absolute atomic E-state index is 0.0519. The first-order valence-electron chi connectivity index (χ1n) is 8.68. The molecule has 0 spiro atoms. The molecule has 1 aliphatic heterocycles. The molecule has 1 fully saturated rings. The summed E-state index contributed by atoms with van der Waals surface area (Å²) >= 11 is 0. The quantitative estimate of drug-likeness (QED) is 0.610. The number of nitrogens with zero attached hydrogens (tertiary/aromatic N) is 2. The van der Waals surface area contributed by atoms with Crippen molar-refractivity contribution >= 4 is 5.78 Å². The van der Waals surface area contributed by atoms with Crippen LogP contribution in [0.3, 0.4) is 0 Å².